The molecule has 0 radical (unpaired) electrons. The maximum atomic E-state index is 13.1. The minimum atomic E-state index is -0.367. The van der Waals surface area contributed by atoms with Gasteiger partial charge >= 0.3 is 0 Å². The van der Waals surface area contributed by atoms with Gasteiger partial charge in [-0.3, -0.25) is 4.79 Å². The SMILES string of the molecule is O=C(Nc1ccc(NCc2ccco2)cc1)C(c1ccccc1)c1ccccc1. The normalized spacial score (nSPS) is 10.7. The van der Waals surface area contributed by atoms with Crippen LogP contribution in [0, 0.1) is 0 Å². The van der Waals surface area contributed by atoms with Crippen LogP contribution in [0.1, 0.15) is 22.8 Å². The molecular formula is C25H22N2O2. The number of furan rings is 1. The van der Waals surface area contributed by atoms with Crippen LogP contribution in [0.4, 0.5) is 11.4 Å². The standard InChI is InChI=1S/C25H22N2O2/c28-25(24(19-8-3-1-4-9-19)20-10-5-2-6-11-20)27-22-15-13-21(14-16-22)26-18-23-12-7-17-29-23/h1-17,24,26H,18H2,(H,27,28). The Labute approximate surface area is 170 Å². The zero-order valence-corrected chi connectivity index (χ0v) is 15.9. The molecule has 0 unspecified atom stereocenters. The molecule has 1 amide bonds. The third-order valence-electron chi connectivity index (χ3n) is 4.73. The minimum Gasteiger partial charge on any atom is -0.467 e. The number of carbonyl (C=O) groups excluding carboxylic acids is 1. The van der Waals surface area contributed by atoms with E-state index in [9.17, 15) is 4.79 Å². The highest BCUT2D eigenvalue weighted by atomic mass is 16.3. The van der Waals surface area contributed by atoms with Gasteiger partial charge in [0.25, 0.3) is 0 Å². The molecule has 0 fully saturated rings. The lowest BCUT2D eigenvalue weighted by atomic mass is 9.90. The van der Waals surface area contributed by atoms with E-state index in [0.29, 0.717) is 6.54 Å². The van der Waals surface area contributed by atoms with E-state index in [1.54, 1.807) is 6.26 Å². The smallest absolute Gasteiger partial charge is 0.236 e. The van der Waals surface area contributed by atoms with Crippen LogP contribution in [0.25, 0.3) is 0 Å². The molecule has 29 heavy (non-hydrogen) atoms. The van der Waals surface area contributed by atoms with E-state index >= 15 is 0 Å². The molecule has 0 atom stereocenters. The summed E-state index contributed by atoms with van der Waals surface area (Å²) in [6.45, 7) is 0.614. The molecule has 2 N–H and O–H groups in total. The molecule has 1 heterocycles. The van der Waals surface area contributed by atoms with Crippen LogP contribution >= 0.6 is 0 Å². The van der Waals surface area contributed by atoms with Crippen molar-refractivity contribution in [2.75, 3.05) is 10.6 Å². The molecule has 0 spiro atoms. The predicted octanol–water partition coefficient (Wildman–Crippen LogP) is 5.66. The maximum absolute atomic E-state index is 13.1. The number of anilines is 2. The summed E-state index contributed by atoms with van der Waals surface area (Å²) in [5, 5.41) is 6.35. The molecule has 4 aromatic rings. The first-order valence-corrected chi connectivity index (χ1v) is 9.57. The summed E-state index contributed by atoms with van der Waals surface area (Å²) < 4.78 is 5.32. The summed E-state index contributed by atoms with van der Waals surface area (Å²) in [4.78, 5) is 13.1. The zero-order valence-electron chi connectivity index (χ0n) is 15.9. The summed E-state index contributed by atoms with van der Waals surface area (Å²) in [7, 11) is 0. The largest absolute Gasteiger partial charge is 0.467 e. The monoisotopic (exact) mass is 382 g/mol. The van der Waals surface area contributed by atoms with Crippen LogP contribution in [0.3, 0.4) is 0 Å². The first kappa shape index (κ1) is 18.6. The second-order valence-electron chi connectivity index (χ2n) is 6.75. The fourth-order valence-electron chi connectivity index (χ4n) is 3.27. The summed E-state index contributed by atoms with van der Waals surface area (Å²) in [6.07, 6.45) is 1.66. The molecular weight excluding hydrogens is 360 g/mol. The van der Waals surface area contributed by atoms with Crippen LogP contribution in [-0.4, -0.2) is 5.91 Å². The van der Waals surface area contributed by atoms with Crippen molar-refractivity contribution in [1.82, 2.24) is 0 Å². The summed E-state index contributed by atoms with van der Waals surface area (Å²) in [5.74, 6) is 0.448. The van der Waals surface area contributed by atoms with Crippen molar-refractivity contribution in [2.24, 2.45) is 0 Å². The highest BCUT2D eigenvalue weighted by molar-refractivity contribution is 5.98. The van der Waals surface area contributed by atoms with E-state index in [1.165, 1.54) is 0 Å². The maximum Gasteiger partial charge on any atom is 0.236 e. The number of benzene rings is 3. The molecule has 0 aliphatic rings. The highest BCUT2D eigenvalue weighted by Gasteiger charge is 2.22. The third kappa shape index (κ3) is 4.74. The Morgan fingerprint density at radius 2 is 1.31 bits per heavy atom. The Balaban J connectivity index is 1.47. The molecule has 0 saturated heterocycles. The fraction of sp³-hybridized carbons (Fsp3) is 0.0800. The van der Waals surface area contributed by atoms with Crippen molar-refractivity contribution in [1.29, 1.82) is 0 Å². The first-order chi connectivity index (χ1) is 14.3. The van der Waals surface area contributed by atoms with E-state index in [4.69, 9.17) is 4.42 Å². The summed E-state index contributed by atoms with van der Waals surface area (Å²) in [6, 6.07) is 31.2. The summed E-state index contributed by atoms with van der Waals surface area (Å²) in [5.41, 5.74) is 3.65. The fourth-order valence-corrected chi connectivity index (χ4v) is 3.27. The van der Waals surface area contributed by atoms with Gasteiger partial charge in [0, 0.05) is 11.4 Å². The lowest BCUT2D eigenvalue weighted by Crippen LogP contribution is -2.22. The Morgan fingerprint density at radius 3 is 1.86 bits per heavy atom. The van der Waals surface area contributed by atoms with Gasteiger partial charge in [0.2, 0.25) is 5.91 Å². The highest BCUT2D eigenvalue weighted by Crippen LogP contribution is 2.26. The Kier molecular flexibility index (Phi) is 5.72. The number of amides is 1. The van der Waals surface area contributed by atoms with Crippen LogP contribution in [-0.2, 0) is 11.3 Å². The molecule has 4 rings (SSSR count). The third-order valence-corrected chi connectivity index (χ3v) is 4.73. The van der Waals surface area contributed by atoms with Crippen molar-refractivity contribution >= 4 is 17.3 Å². The van der Waals surface area contributed by atoms with Gasteiger partial charge in [-0.2, -0.15) is 0 Å². The lowest BCUT2D eigenvalue weighted by Gasteiger charge is -2.18. The van der Waals surface area contributed by atoms with Gasteiger partial charge in [-0.1, -0.05) is 60.7 Å². The lowest BCUT2D eigenvalue weighted by molar-refractivity contribution is -0.116. The van der Waals surface area contributed by atoms with Crippen molar-refractivity contribution in [3.8, 4) is 0 Å². The van der Waals surface area contributed by atoms with Crippen molar-refractivity contribution in [2.45, 2.75) is 12.5 Å². The molecule has 3 aromatic carbocycles. The Hall–Kier alpha value is -3.79. The summed E-state index contributed by atoms with van der Waals surface area (Å²) >= 11 is 0. The molecule has 0 bridgehead atoms. The van der Waals surface area contributed by atoms with Crippen molar-refractivity contribution in [3.63, 3.8) is 0 Å². The van der Waals surface area contributed by atoms with Gasteiger partial charge < -0.3 is 15.1 Å². The number of rotatable bonds is 7. The van der Waals surface area contributed by atoms with E-state index in [2.05, 4.69) is 10.6 Å². The molecule has 0 aliphatic carbocycles. The minimum absolute atomic E-state index is 0.0568. The zero-order chi connectivity index (χ0) is 19.9. The van der Waals surface area contributed by atoms with Gasteiger partial charge in [-0.15, -0.1) is 0 Å². The predicted molar refractivity (Wildman–Crippen MR) is 116 cm³/mol. The molecule has 4 heteroatoms. The second kappa shape index (κ2) is 8.93. The Morgan fingerprint density at radius 1 is 0.724 bits per heavy atom. The second-order valence-corrected chi connectivity index (χ2v) is 6.75. The number of carbonyl (C=O) groups is 1. The van der Waals surface area contributed by atoms with Crippen molar-refractivity contribution in [3.05, 3.63) is 120 Å². The number of hydrogen-bond acceptors (Lipinski definition) is 3. The van der Waals surface area contributed by atoms with Crippen molar-refractivity contribution < 1.29 is 9.21 Å². The molecule has 4 nitrogen and oxygen atoms in total. The van der Waals surface area contributed by atoms with Crippen LogP contribution < -0.4 is 10.6 Å². The van der Waals surface area contributed by atoms with Gasteiger partial charge in [0.1, 0.15) is 5.76 Å². The van der Waals surface area contributed by atoms with E-state index in [0.717, 1.165) is 28.3 Å². The van der Waals surface area contributed by atoms with Crippen LogP contribution in [0.15, 0.2) is 108 Å². The van der Waals surface area contributed by atoms with Gasteiger partial charge in [0.05, 0.1) is 18.7 Å². The average molecular weight is 382 g/mol. The van der Waals surface area contributed by atoms with E-state index < -0.39 is 0 Å². The average Bonchev–Trinajstić information content (AvgIpc) is 3.29. The quantitative estimate of drug-likeness (QED) is 0.433. The topological polar surface area (TPSA) is 54.3 Å². The van der Waals surface area contributed by atoms with Gasteiger partial charge in [-0.25, -0.2) is 0 Å². The van der Waals surface area contributed by atoms with E-state index in [-0.39, 0.29) is 11.8 Å². The van der Waals surface area contributed by atoms with E-state index in [1.807, 2.05) is 97.1 Å². The van der Waals surface area contributed by atoms with Gasteiger partial charge in [0.15, 0.2) is 0 Å². The van der Waals surface area contributed by atoms with Gasteiger partial charge in [-0.05, 0) is 47.5 Å². The molecule has 144 valence electrons. The number of hydrogen-bond donors (Lipinski definition) is 2. The van der Waals surface area contributed by atoms with Crippen LogP contribution in [0.2, 0.25) is 0 Å². The molecule has 0 saturated carbocycles. The Bertz CT molecular complexity index is 988. The molecule has 0 aliphatic heterocycles. The van der Waals surface area contributed by atoms with Crippen LogP contribution in [0.5, 0.6) is 0 Å². The first-order valence-electron chi connectivity index (χ1n) is 9.57. The molecule has 1 aromatic heterocycles. The number of nitrogens with one attached hydrogen (secondary N) is 2.